The summed E-state index contributed by atoms with van der Waals surface area (Å²) in [5.41, 5.74) is -0.00840. The molecule has 8 heteroatoms. The summed E-state index contributed by atoms with van der Waals surface area (Å²) in [7, 11) is 0. The van der Waals surface area contributed by atoms with Crippen molar-refractivity contribution in [1.82, 2.24) is 5.32 Å². The second kappa shape index (κ2) is 6.99. The van der Waals surface area contributed by atoms with Crippen LogP contribution in [-0.2, 0) is 4.79 Å². The number of nitro benzene ring substituents is 1. The maximum Gasteiger partial charge on any atom is 0.303 e. The SMILES string of the molecule is O=C(O)CCCCNC(=O)c1cc2cc([N+](=O)[O-])ccc2s1. The molecule has 1 aromatic heterocycles. The first-order valence-corrected chi connectivity index (χ1v) is 7.47. The van der Waals surface area contributed by atoms with E-state index >= 15 is 0 Å². The van der Waals surface area contributed by atoms with Crippen molar-refractivity contribution in [3.63, 3.8) is 0 Å². The minimum absolute atomic E-state index is 0.00840. The Kier molecular flexibility index (Phi) is 5.05. The van der Waals surface area contributed by atoms with E-state index in [2.05, 4.69) is 5.32 Å². The summed E-state index contributed by atoms with van der Waals surface area (Å²) in [5.74, 6) is -1.10. The van der Waals surface area contributed by atoms with Gasteiger partial charge in [-0.1, -0.05) is 0 Å². The highest BCUT2D eigenvalue weighted by Crippen LogP contribution is 2.28. The van der Waals surface area contributed by atoms with Gasteiger partial charge < -0.3 is 10.4 Å². The number of unbranched alkanes of at least 4 members (excludes halogenated alkanes) is 1. The van der Waals surface area contributed by atoms with Gasteiger partial charge in [-0.3, -0.25) is 19.7 Å². The fraction of sp³-hybridized carbons (Fsp3) is 0.286. The first-order chi connectivity index (χ1) is 10.5. The van der Waals surface area contributed by atoms with Crippen LogP contribution >= 0.6 is 11.3 Å². The lowest BCUT2D eigenvalue weighted by molar-refractivity contribution is -0.384. The summed E-state index contributed by atoms with van der Waals surface area (Å²) >= 11 is 1.27. The molecule has 0 saturated heterocycles. The van der Waals surface area contributed by atoms with Crippen molar-refractivity contribution in [3.8, 4) is 0 Å². The third-order valence-electron chi connectivity index (χ3n) is 3.04. The first kappa shape index (κ1) is 15.9. The number of carbonyl (C=O) groups is 2. The monoisotopic (exact) mass is 322 g/mol. The number of carboxylic acids is 1. The van der Waals surface area contributed by atoms with E-state index in [1.165, 1.54) is 23.5 Å². The summed E-state index contributed by atoms with van der Waals surface area (Å²) < 4.78 is 0.807. The number of carboxylic acid groups (broad SMARTS) is 1. The van der Waals surface area contributed by atoms with E-state index < -0.39 is 10.9 Å². The number of nitro groups is 1. The van der Waals surface area contributed by atoms with Crippen molar-refractivity contribution in [2.24, 2.45) is 0 Å². The number of nitrogens with one attached hydrogen (secondary N) is 1. The van der Waals surface area contributed by atoms with Crippen LogP contribution in [0.4, 0.5) is 5.69 Å². The fourth-order valence-electron chi connectivity index (χ4n) is 1.95. The summed E-state index contributed by atoms with van der Waals surface area (Å²) in [6.07, 6.45) is 1.19. The van der Waals surface area contributed by atoms with E-state index in [0.717, 1.165) is 4.70 Å². The molecule has 2 rings (SSSR count). The molecular weight excluding hydrogens is 308 g/mol. The Labute approximate surface area is 129 Å². The number of thiophene rings is 1. The van der Waals surface area contributed by atoms with Gasteiger partial charge in [0, 0.05) is 35.2 Å². The van der Waals surface area contributed by atoms with Crippen molar-refractivity contribution in [2.75, 3.05) is 6.54 Å². The Bertz CT molecular complexity index is 725. The lowest BCUT2D eigenvalue weighted by atomic mass is 10.2. The van der Waals surface area contributed by atoms with E-state index in [4.69, 9.17) is 5.11 Å². The summed E-state index contributed by atoms with van der Waals surface area (Å²) in [5, 5.41) is 22.6. The van der Waals surface area contributed by atoms with Crippen LogP contribution in [0.1, 0.15) is 28.9 Å². The van der Waals surface area contributed by atoms with Crippen molar-refractivity contribution >= 4 is 39.0 Å². The van der Waals surface area contributed by atoms with Gasteiger partial charge in [0.1, 0.15) is 0 Å². The minimum Gasteiger partial charge on any atom is -0.481 e. The average Bonchev–Trinajstić information content (AvgIpc) is 2.89. The molecule has 116 valence electrons. The predicted molar refractivity (Wildman–Crippen MR) is 82.3 cm³/mol. The van der Waals surface area contributed by atoms with Crippen LogP contribution in [0, 0.1) is 10.1 Å². The first-order valence-electron chi connectivity index (χ1n) is 6.65. The van der Waals surface area contributed by atoms with E-state index in [0.29, 0.717) is 29.6 Å². The van der Waals surface area contributed by atoms with Crippen LogP contribution < -0.4 is 5.32 Å². The molecular formula is C14H14N2O5S. The highest BCUT2D eigenvalue weighted by atomic mass is 32.1. The molecule has 2 aromatic rings. The van der Waals surface area contributed by atoms with Crippen molar-refractivity contribution in [3.05, 3.63) is 39.3 Å². The van der Waals surface area contributed by atoms with Gasteiger partial charge in [-0.2, -0.15) is 0 Å². The number of nitrogens with zero attached hydrogens (tertiary/aromatic N) is 1. The number of aliphatic carboxylic acids is 1. The maximum absolute atomic E-state index is 12.0. The van der Waals surface area contributed by atoms with Crippen molar-refractivity contribution < 1.29 is 19.6 Å². The van der Waals surface area contributed by atoms with Gasteiger partial charge >= 0.3 is 5.97 Å². The van der Waals surface area contributed by atoms with Crippen LogP contribution in [0.2, 0.25) is 0 Å². The number of fused-ring (bicyclic) bond motifs is 1. The second-order valence-corrected chi connectivity index (χ2v) is 5.78. The number of non-ortho nitro benzene ring substituents is 1. The third kappa shape index (κ3) is 4.01. The lowest BCUT2D eigenvalue weighted by Crippen LogP contribution is -2.23. The quantitative estimate of drug-likeness (QED) is 0.463. The highest BCUT2D eigenvalue weighted by molar-refractivity contribution is 7.20. The van der Waals surface area contributed by atoms with Crippen molar-refractivity contribution in [2.45, 2.75) is 19.3 Å². The molecule has 0 aliphatic rings. The maximum atomic E-state index is 12.0. The molecule has 0 saturated carbocycles. The molecule has 22 heavy (non-hydrogen) atoms. The molecule has 0 aliphatic carbocycles. The van der Waals surface area contributed by atoms with Crippen LogP contribution in [0.25, 0.3) is 10.1 Å². The molecule has 1 aromatic carbocycles. The van der Waals surface area contributed by atoms with Crippen LogP contribution in [0.3, 0.4) is 0 Å². The van der Waals surface area contributed by atoms with E-state index in [9.17, 15) is 19.7 Å². The highest BCUT2D eigenvalue weighted by Gasteiger charge is 2.13. The number of hydrogen-bond donors (Lipinski definition) is 2. The van der Waals surface area contributed by atoms with Gasteiger partial charge in [0.05, 0.1) is 9.80 Å². The Morgan fingerprint density at radius 1 is 1.27 bits per heavy atom. The van der Waals surface area contributed by atoms with Gasteiger partial charge in [0.15, 0.2) is 0 Å². The number of benzene rings is 1. The van der Waals surface area contributed by atoms with Gasteiger partial charge in [-0.05, 0) is 25.0 Å². The number of hydrogen-bond acceptors (Lipinski definition) is 5. The Hall–Kier alpha value is -2.48. The summed E-state index contributed by atoms with van der Waals surface area (Å²) in [4.78, 5) is 33.1. The molecule has 0 atom stereocenters. The second-order valence-electron chi connectivity index (χ2n) is 4.70. The molecule has 0 aliphatic heterocycles. The van der Waals surface area contributed by atoms with E-state index in [1.54, 1.807) is 12.1 Å². The van der Waals surface area contributed by atoms with Gasteiger partial charge in [-0.25, -0.2) is 0 Å². The third-order valence-corrected chi connectivity index (χ3v) is 4.15. The molecule has 1 amide bonds. The van der Waals surface area contributed by atoms with Crippen LogP contribution in [0.15, 0.2) is 24.3 Å². The molecule has 7 nitrogen and oxygen atoms in total. The zero-order valence-electron chi connectivity index (χ0n) is 11.6. The van der Waals surface area contributed by atoms with E-state index in [1.807, 2.05) is 0 Å². The van der Waals surface area contributed by atoms with Gasteiger partial charge in [-0.15, -0.1) is 11.3 Å². The van der Waals surface area contributed by atoms with Gasteiger partial charge in [0.2, 0.25) is 0 Å². The fourth-order valence-corrected chi connectivity index (χ4v) is 2.91. The topological polar surface area (TPSA) is 110 Å². The van der Waals surface area contributed by atoms with Crippen LogP contribution in [-0.4, -0.2) is 28.5 Å². The predicted octanol–water partition coefficient (Wildman–Crippen LogP) is 2.79. The molecule has 0 bridgehead atoms. The van der Waals surface area contributed by atoms with E-state index in [-0.39, 0.29) is 18.0 Å². The average molecular weight is 322 g/mol. The molecule has 1 heterocycles. The largest absolute Gasteiger partial charge is 0.481 e. The summed E-state index contributed by atoms with van der Waals surface area (Å²) in [6.45, 7) is 0.403. The number of carbonyl (C=O) groups excluding carboxylic acids is 1. The molecule has 0 fully saturated rings. The summed E-state index contributed by atoms with van der Waals surface area (Å²) in [6, 6.07) is 6.10. The zero-order chi connectivity index (χ0) is 16.1. The molecule has 0 radical (unpaired) electrons. The lowest BCUT2D eigenvalue weighted by Gasteiger charge is -2.02. The number of amides is 1. The molecule has 0 spiro atoms. The zero-order valence-corrected chi connectivity index (χ0v) is 12.4. The minimum atomic E-state index is -0.850. The number of rotatable bonds is 7. The Morgan fingerprint density at radius 2 is 2.05 bits per heavy atom. The molecule has 2 N–H and O–H groups in total. The Morgan fingerprint density at radius 3 is 2.73 bits per heavy atom. The Balaban J connectivity index is 1.96. The van der Waals surface area contributed by atoms with Crippen LogP contribution in [0.5, 0.6) is 0 Å². The normalized spacial score (nSPS) is 10.5. The standard InChI is InChI=1S/C14H14N2O5S/c17-13(18)3-1-2-6-15-14(19)12-8-9-7-10(16(20)21)4-5-11(9)22-12/h4-5,7-8H,1-3,6H2,(H,15,19)(H,17,18). The van der Waals surface area contributed by atoms with Crippen molar-refractivity contribution in [1.29, 1.82) is 0 Å². The van der Waals surface area contributed by atoms with Gasteiger partial charge in [0.25, 0.3) is 11.6 Å². The smallest absolute Gasteiger partial charge is 0.303 e. The molecule has 0 unspecified atom stereocenters.